The van der Waals surface area contributed by atoms with Gasteiger partial charge in [-0.2, -0.15) is 0 Å². The molecule has 0 unspecified atom stereocenters. The van der Waals surface area contributed by atoms with Crippen LogP contribution in [0.3, 0.4) is 0 Å². The number of carbonyl (C=O) groups excluding carboxylic acids is 1. The summed E-state index contributed by atoms with van der Waals surface area (Å²) in [6.45, 7) is 6.34. The topological polar surface area (TPSA) is 150 Å². The number of carbonyl (C=O) groups is 1. The third-order valence-electron chi connectivity index (χ3n) is 8.31. The minimum Gasteiger partial charge on any atom is -0.387 e. The van der Waals surface area contributed by atoms with Gasteiger partial charge in [0.2, 0.25) is 0 Å². The van der Waals surface area contributed by atoms with E-state index in [-0.39, 0.29) is 18.1 Å². The molecule has 1 aliphatic heterocycles. The van der Waals surface area contributed by atoms with Gasteiger partial charge in [-0.3, -0.25) is 9.47 Å². The van der Waals surface area contributed by atoms with Crippen LogP contribution < -0.4 is 16.0 Å². The molecule has 12 nitrogen and oxygen atoms in total. The van der Waals surface area contributed by atoms with Crippen LogP contribution in [-0.2, 0) is 11.3 Å². The fourth-order valence-corrected chi connectivity index (χ4v) is 6.08. The highest BCUT2D eigenvalue weighted by Gasteiger charge is 2.45. The van der Waals surface area contributed by atoms with Crippen LogP contribution in [0.4, 0.5) is 10.6 Å². The van der Waals surface area contributed by atoms with Gasteiger partial charge in [0.1, 0.15) is 24.6 Å². The number of rotatable bonds is 12. The summed E-state index contributed by atoms with van der Waals surface area (Å²) >= 11 is 6.11. The van der Waals surface area contributed by atoms with E-state index in [1.807, 2.05) is 24.3 Å². The number of halogens is 1. The Morgan fingerprint density at radius 1 is 1.16 bits per heavy atom. The molecule has 1 saturated heterocycles. The molecule has 234 valence electrons. The van der Waals surface area contributed by atoms with Gasteiger partial charge >= 0.3 is 6.03 Å². The van der Waals surface area contributed by atoms with Crippen molar-refractivity contribution in [3.63, 3.8) is 0 Å². The van der Waals surface area contributed by atoms with E-state index in [9.17, 15) is 15.0 Å². The number of amides is 2. The number of urea groups is 1. The molecule has 43 heavy (non-hydrogen) atoms. The van der Waals surface area contributed by atoms with Gasteiger partial charge in [-0.25, -0.2) is 19.7 Å². The standard InChI is InChI=1S/C30H43ClN8O4/c1-19(2)38(13-7-12-32-30(42)37-22-10-4-3-5-11-22)16-23-25(40)26(41)29(43-23)39-18-36-24-27(34-17-35-28(24)39)33-15-20-8-6-9-21(31)14-20/h6,8-9,14,17-19,22-23,25-26,29,40-41H,3-5,7,10-13,15-16H2,1-2H3,(H2,32,37,42)(H,33,34,35)/t23-,25-,26-,29-/m1/s1. The number of nitrogens with zero attached hydrogens (tertiary/aromatic N) is 5. The second-order valence-corrected chi connectivity index (χ2v) is 12.2. The number of ether oxygens (including phenoxy) is 1. The van der Waals surface area contributed by atoms with E-state index < -0.39 is 24.5 Å². The summed E-state index contributed by atoms with van der Waals surface area (Å²) in [4.78, 5) is 27.7. The normalized spacial score (nSPS) is 22.9. The molecular weight excluding hydrogens is 572 g/mol. The Balaban J connectivity index is 1.16. The Kier molecular flexibility index (Phi) is 10.7. The number of aliphatic hydroxyl groups is 2. The number of nitrogens with one attached hydrogen (secondary N) is 3. The molecule has 4 atom stereocenters. The van der Waals surface area contributed by atoms with Gasteiger partial charge in [0.25, 0.3) is 0 Å². The maximum Gasteiger partial charge on any atom is 0.315 e. The third kappa shape index (κ3) is 7.93. The summed E-state index contributed by atoms with van der Waals surface area (Å²) in [5, 5.41) is 31.9. The monoisotopic (exact) mass is 614 g/mol. The number of aliphatic hydroxyl groups excluding tert-OH is 2. The van der Waals surface area contributed by atoms with Crippen molar-refractivity contribution >= 4 is 34.6 Å². The van der Waals surface area contributed by atoms with E-state index >= 15 is 0 Å². The van der Waals surface area contributed by atoms with Crippen LogP contribution in [0.25, 0.3) is 11.2 Å². The lowest BCUT2D eigenvalue weighted by atomic mass is 9.96. The van der Waals surface area contributed by atoms with Crippen molar-refractivity contribution in [1.82, 2.24) is 35.1 Å². The second kappa shape index (κ2) is 14.6. The highest BCUT2D eigenvalue weighted by atomic mass is 35.5. The van der Waals surface area contributed by atoms with Crippen LogP contribution in [0.2, 0.25) is 5.02 Å². The minimum absolute atomic E-state index is 0.109. The van der Waals surface area contributed by atoms with E-state index in [2.05, 4.69) is 49.6 Å². The number of anilines is 1. The van der Waals surface area contributed by atoms with Crippen molar-refractivity contribution in [2.45, 2.75) is 95.5 Å². The van der Waals surface area contributed by atoms with Crippen LogP contribution in [0, 0.1) is 0 Å². The van der Waals surface area contributed by atoms with E-state index in [1.54, 1.807) is 10.9 Å². The predicted molar refractivity (Wildman–Crippen MR) is 165 cm³/mol. The highest BCUT2D eigenvalue weighted by molar-refractivity contribution is 6.30. The molecular formula is C30H43ClN8O4. The molecule has 2 aromatic heterocycles. The zero-order valence-electron chi connectivity index (χ0n) is 24.8. The van der Waals surface area contributed by atoms with E-state index in [1.165, 1.54) is 25.6 Å². The first kappa shape index (κ1) is 31.4. The molecule has 5 N–H and O–H groups in total. The molecule has 13 heteroatoms. The van der Waals surface area contributed by atoms with E-state index in [0.29, 0.717) is 48.2 Å². The van der Waals surface area contributed by atoms with Crippen LogP contribution >= 0.6 is 11.6 Å². The molecule has 3 heterocycles. The van der Waals surface area contributed by atoms with Crippen LogP contribution in [0.15, 0.2) is 36.9 Å². The van der Waals surface area contributed by atoms with Crippen molar-refractivity contribution in [2.24, 2.45) is 0 Å². The lowest BCUT2D eigenvalue weighted by molar-refractivity contribution is -0.0468. The first-order valence-electron chi connectivity index (χ1n) is 15.3. The quantitative estimate of drug-likeness (QED) is 0.193. The lowest BCUT2D eigenvalue weighted by Gasteiger charge is -2.30. The SMILES string of the molecule is CC(C)N(CCCNC(=O)NC1CCCCC1)C[C@H]1O[C@@H](n2cnc3c(NCc4cccc(Cl)c4)ncnc32)[C@H](O)[C@@H]1O. The highest BCUT2D eigenvalue weighted by Crippen LogP contribution is 2.33. The Labute approximate surface area is 257 Å². The van der Waals surface area contributed by atoms with Crippen molar-refractivity contribution < 1.29 is 19.7 Å². The molecule has 2 fully saturated rings. The molecule has 1 aliphatic carbocycles. The van der Waals surface area contributed by atoms with Gasteiger partial charge in [0.15, 0.2) is 23.2 Å². The molecule has 0 spiro atoms. The average Bonchev–Trinajstić information content (AvgIpc) is 3.54. The minimum atomic E-state index is -1.17. The van der Waals surface area contributed by atoms with Gasteiger partial charge in [-0.1, -0.05) is 43.0 Å². The Morgan fingerprint density at radius 3 is 2.74 bits per heavy atom. The average molecular weight is 615 g/mol. The number of benzene rings is 1. The summed E-state index contributed by atoms with van der Waals surface area (Å²) in [7, 11) is 0. The van der Waals surface area contributed by atoms with Crippen LogP contribution in [0.1, 0.15) is 64.2 Å². The van der Waals surface area contributed by atoms with E-state index in [0.717, 1.165) is 24.8 Å². The maximum atomic E-state index is 12.3. The molecule has 1 saturated carbocycles. The molecule has 0 bridgehead atoms. The Morgan fingerprint density at radius 2 is 1.98 bits per heavy atom. The van der Waals surface area contributed by atoms with Gasteiger partial charge in [0, 0.05) is 43.3 Å². The largest absolute Gasteiger partial charge is 0.387 e. The van der Waals surface area contributed by atoms with E-state index in [4.69, 9.17) is 16.3 Å². The molecule has 3 aromatic rings. The first-order chi connectivity index (χ1) is 20.8. The zero-order chi connectivity index (χ0) is 30.3. The van der Waals surface area contributed by atoms with Crippen molar-refractivity contribution in [2.75, 3.05) is 25.0 Å². The van der Waals surface area contributed by atoms with Crippen molar-refractivity contribution in [1.29, 1.82) is 0 Å². The van der Waals surface area contributed by atoms with Gasteiger partial charge in [0.05, 0.1) is 6.33 Å². The number of imidazole rings is 1. The molecule has 2 aliphatic rings. The van der Waals surface area contributed by atoms with Crippen molar-refractivity contribution in [3.8, 4) is 0 Å². The second-order valence-electron chi connectivity index (χ2n) is 11.8. The van der Waals surface area contributed by atoms with Crippen LogP contribution in [-0.4, -0.2) is 90.7 Å². The Hall–Kier alpha value is -3.03. The number of hydrogen-bond donors (Lipinski definition) is 5. The summed E-state index contributed by atoms with van der Waals surface area (Å²) < 4.78 is 7.88. The van der Waals surface area contributed by atoms with Gasteiger partial charge in [-0.15, -0.1) is 0 Å². The first-order valence-corrected chi connectivity index (χ1v) is 15.6. The summed E-state index contributed by atoms with van der Waals surface area (Å²) in [5.41, 5.74) is 2.01. The van der Waals surface area contributed by atoms with Crippen molar-refractivity contribution in [3.05, 3.63) is 47.5 Å². The van der Waals surface area contributed by atoms with Gasteiger partial charge < -0.3 is 30.9 Å². The predicted octanol–water partition coefficient (Wildman–Crippen LogP) is 3.44. The maximum absolute atomic E-state index is 12.3. The summed E-state index contributed by atoms with van der Waals surface area (Å²) in [6.07, 6.45) is 5.69. The number of hydrogen-bond acceptors (Lipinski definition) is 9. The zero-order valence-corrected chi connectivity index (χ0v) is 25.6. The molecule has 2 amide bonds. The molecule has 1 aromatic carbocycles. The van der Waals surface area contributed by atoms with Gasteiger partial charge in [-0.05, 0) is 50.8 Å². The summed E-state index contributed by atoms with van der Waals surface area (Å²) in [6, 6.07) is 7.89. The fourth-order valence-electron chi connectivity index (χ4n) is 5.87. The number of fused-ring (bicyclic) bond motifs is 1. The third-order valence-corrected chi connectivity index (χ3v) is 8.55. The number of aromatic nitrogens is 4. The Bertz CT molecular complexity index is 1350. The lowest BCUT2D eigenvalue weighted by Crippen LogP contribution is -2.45. The summed E-state index contributed by atoms with van der Waals surface area (Å²) in [5.74, 6) is 0.542. The fraction of sp³-hybridized carbons (Fsp3) is 0.600. The molecule has 0 radical (unpaired) electrons. The van der Waals surface area contributed by atoms with Crippen LogP contribution in [0.5, 0.6) is 0 Å². The smallest absolute Gasteiger partial charge is 0.315 e. The molecule has 5 rings (SSSR count).